The molecule has 1 fully saturated rings. The molecule has 1 aliphatic rings. The number of carbonyl (C=O) groups is 1. The largest absolute Gasteiger partial charge is 0.440 e. The van der Waals surface area contributed by atoms with E-state index < -0.39 is 0 Å². The monoisotopic (exact) mass is 274 g/mol. The molecule has 5 heteroatoms. The van der Waals surface area contributed by atoms with Crippen LogP contribution in [0.5, 0.6) is 0 Å². The molecule has 1 saturated heterocycles. The standard InChI is InChI=1S/C15H18N2O3/c1-10-3-4-13-12(7-10)16-15(20-13)11-5-6-17(8-11)14(18)9-19-2/h3-4,7,11H,5-6,8-9H2,1-2H3. The third-order valence-corrected chi connectivity index (χ3v) is 3.72. The Balaban J connectivity index is 1.77. The minimum Gasteiger partial charge on any atom is -0.440 e. The third kappa shape index (κ3) is 2.41. The van der Waals surface area contributed by atoms with Gasteiger partial charge in [0.1, 0.15) is 12.1 Å². The second-order valence-corrected chi connectivity index (χ2v) is 5.28. The first-order chi connectivity index (χ1) is 9.67. The maximum atomic E-state index is 11.8. The van der Waals surface area contributed by atoms with Crippen molar-refractivity contribution in [2.45, 2.75) is 19.3 Å². The summed E-state index contributed by atoms with van der Waals surface area (Å²) in [7, 11) is 1.54. The van der Waals surface area contributed by atoms with Crippen molar-refractivity contribution in [3.05, 3.63) is 29.7 Å². The Morgan fingerprint density at radius 1 is 1.55 bits per heavy atom. The van der Waals surface area contributed by atoms with Crippen LogP contribution in [0.3, 0.4) is 0 Å². The molecule has 1 unspecified atom stereocenters. The first-order valence-corrected chi connectivity index (χ1v) is 6.81. The molecule has 106 valence electrons. The zero-order valence-electron chi connectivity index (χ0n) is 11.8. The summed E-state index contributed by atoms with van der Waals surface area (Å²) in [6.45, 7) is 3.58. The van der Waals surface area contributed by atoms with E-state index in [0.717, 1.165) is 30.0 Å². The molecule has 1 aliphatic heterocycles. The van der Waals surface area contributed by atoms with Gasteiger partial charge in [-0.05, 0) is 31.0 Å². The van der Waals surface area contributed by atoms with Gasteiger partial charge >= 0.3 is 0 Å². The molecule has 1 atom stereocenters. The molecule has 0 radical (unpaired) electrons. The second kappa shape index (κ2) is 5.25. The quantitative estimate of drug-likeness (QED) is 0.860. The molecule has 1 aromatic carbocycles. The van der Waals surface area contributed by atoms with Gasteiger partial charge in [-0.1, -0.05) is 6.07 Å². The van der Waals surface area contributed by atoms with E-state index in [-0.39, 0.29) is 18.4 Å². The van der Waals surface area contributed by atoms with Gasteiger partial charge in [-0.3, -0.25) is 4.79 Å². The summed E-state index contributed by atoms with van der Waals surface area (Å²) in [6.07, 6.45) is 0.890. The molecule has 2 aromatic rings. The Hall–Kier alpha value is -1.88. The van der Waals surface area contributed by atoms with Crippen LogP contribution in [-0.4, -0.2) is 42.6 Å². The van der Waals surface area contributed by atoms with E-state index in [1.54, 1.807) is 0 Å². The Morgan fingerprint density at radius 2 is 2.40 bits per heavy atom. The fraction of sp³-hybridized carbons (Fsp3) is 0.467. The summed E-state index contributed by atoms with van der Waals surface area (Å²) in [5, 5.41) is 0. The number of aryl methyl sites for hydroxylation is 1. The Labute approximate surface area is 117 Å². The van der Waals surface area contributed by atoms with Gasteiger partial charge in [0.25, 0.3) is 0 Å². The number of benzene rings is 1. The van der Waals surface area contributed by atoms with E-state index in [1.807, 2.05) is 30.0 Å². The van der Waals surface area contributed by atoms with Crippen LogP contribution in [0.15, 0.2) is 22.6 Å². The van der Waals surface area contributed by atoms with Gasteiger partial charge in [-0.25, -0.2) is 4.98 Å². The number of hydrogen-bond acceptors (Lipinski definition) is 4. The molecule has 0 bridgehead atoms. The van der Waals surface area contributed by atoms with Gasteiger partial charge in [0, 0.05) is 20.2 Å². The first kappa shape index (κ1) is 13.1. The van der Waals surface area contributed by atoms with E-state index >= 15 is 0 Å². The molecular weight excluding hydrogens is 256 g/mol. The summed E-state index contributed by atoms with van der Waals surface area (Å²) in [5.41, 5.74) is 2.87. The molecule has 0 spiro atoms. The van der Waals surface area contributed by atoms with Crippen LogP contribution in [0.2, 0.25) is 0 Å². The molecule has 1 amide bonds. The van der Waals surface area contributed by atoms with Crippen LogP contribution in [0, 0.1) is 6.92 Å². The van der Waals surface area contributed by atoms with Crippen LogP contribution in [0.1, 0.15) is 23.8 Å². The number of aromatic nitrogens is 1. The lowest BCUT2D eigenvalue weighted by molar-refractivity contribution is -0.134. The highest BCUT2D eigenvalue weighted by atomic mass is 16.5. The van der Waals surface area contributed by atoms with Crippen molar-refractivity contribution >= 4 is 17.0 Å². The molecule has 0 N–H and O–H groups in total. The highest BCUT2D eigenvalue weighted by Gasteiger charge is 2.30. The Bertz CT molecular complexity index is 635. The second-order valence-electron chi connectivity index (χ2n) is 5.28. The molecule has 3 rings (SSSR count). The van der Waals surface area contributed by atoms with E-state index in [4.69, 9.17) is 9.15 Å². The number of nitrogens with zero attached hydrogens (tertiary/aromatic N) is 2. The summed E-state index contributed by atoms with van der Waals surface area (Å²) in [4.78, 5) is 18.2. The minimum atomic E-state index is 0.0296. The van der Waals surface area contributed by atoms with Crippen molar-refractivity contribution in [2.75, 3.05) is 26.8 Å². The minimum absolute atomic E-state index is 0.0296. The average Bonchev–Trinajstić information content (AvgIpc) is 3.04. The number of amides is 1. The Kier molecular flexibility index (Phi) is 3.44. The van der Waals surface area contributed by atoms with Crippen LogP contribution in [-0.2, 0) is 9.53 Å². The number of carbonyl (C=O) groups excluding carboxylic acids is 1. The molecule has 5 nitrogen and oxygen atoms in total. The topological polar surface area (TPSA) is 55.6 Å². The van der Waals surface area contributed by atoms with Crippen molar-refractivity contribution in [1.29, 1.82) is 0 Å². The molecule has 0 saturated carbocycles. The van der Waals surface area contributed by atoms with Gasteiger partial charge < -0.3 is 14.1 Å². The fourth-order valence-electron chi connectivity index (χ4n) is 2.63. The van der Waals surface area contributed by atoms with Gasteiger partial charge in [0.2, 0.25) is 5.91 Å². The first-order valence-electron chi connectivity index (χ1n) is 6.81. The van der Waals surface area contributed by atoms with Crippen molar-refractivity contribution in [2.24, 2.45) is 0 Å². The Morgan fingerprint density at radius 3 is 3.20 bits per heavy atom. The number of ether oxygens (including phenoxy) is 1. The number of fused-ring (bicyclic) bond motifs is 1. The summed E-state index contributed by atoms with van der Waals surface area (Å²) in [6, 6.07) is 5.98. The smallest absolute Gasteiger partial charge is 0.248 e. The average molecular weight is 274 g/mol. The maximum Gasteiger partial charge on any atom is 0.248 e. The molecule has 0 aliphatic carbocycles. The fourth-order valence-corrected chi connectivity index (χ4v) is 2.63. The SMILES string of the molecule is COCC(=O)N1CCC(c2nc3cc(C)ccc3o2)C1. The van der Waals surface area contributed by atoms with E-state index in [1.165, 1.54) is 12.7 Å². The molecular formula is C15H18N2O3. The van der Waals surface area contributed by atoms with Gasteiger partial charge in [0.15, 0.2) is 11.5 Å². The predicted octanol–water partition coefficient (Wildman–Crippen LogP) is 2.10. The van der Waals surface area contributed by atoms with Gasteiger partial charge in [-0.15, -0.1) is 0 Å². The summed E-state index contributed by atoms with van der Waals surface area (Å²) >= 11 is 0. The molecule has 20 heavy (non-hydrogen) atoms. The van der Waals surface area contributed by atoms with Crippen LogP contribution in [0.25, 0.3) is 11.1 Å². The number of hydrogen-bond donors (Lipinski definition) is 0. The van der Waals surface area contributed by atoms with Crippen LogP contribution < -0.4 is 0 Å². The zero-order chi connectivity index (χ0) is 14.1. The highest BCUT2D eigenvalue weighted by molar-refractivity contribution is 5.78. The van der Waals surface area contributed by atoms with Crippen molar-refractivity contribution < 1.29 is 13.9 Å². The molecule has 2 heterocycles. The summed E-state index contributed by atoms with van der Waals surface area (Å²) in [5.74, 6) is 0.948. The summed E-state index contributed by atoms with van der Waals surface area (Å²) < 4.78 is 10.7. The maximum absolute atomic E-state index is 11.8. The highest BCUT2D eigenvalue weighted by Crippen LogP contribution is 2.29. The lowest BCUT2D eigenvalue weighted by Gasteiger charge is -2.14. The third-order valence-electron chi connectivity index (χ3n) is 3.72. The number of likely N-dealkylation sites (tertiary alicyclic amines) is 1. The number of methoxy groups -OCH3 is 1. The van der Waals surface area contributed by atoms with Crippen molar-refractivity contribution in [1.82, 2.24) is 9.88 Å². The molecule has 1 aromatic heterocycles. The number of oxazole rings is 1. The predicted molar refractivity (Wildman–Crippen MR) is 74.6 cm³/mol. The van der Waals surface area contributed by atoms with Gasteiger partial charge in [-0.2, -0.15) is 0 Å². The van der Waals surface area contributed by atoms with Crippen LogP contribution >= 0.6 is 0 Å². The van der Waals surface area contributed by atoms with Gasteiger partial charge in [0.05, 0.1) is 5.92 Å². The lowest BCUT2D eigenvalue weighted by Crippen LogP contribution is -2.31. The zero-order valence-corrected chi connectivity index (χ0v) is 11.8. The van der Waals surface area contributed by atoms with Crippen molar-refractivity contribution in [3.63, 3.8) is 0 Å². The lowest BCUT2D eigenvalue weighted by atomic mass is 10.1. The normalized spacial score (nSPS) is 18.9. The van der Waals surface area contributed by atoms with Crippen LogP contribution in [0.4, 0.5) is 0 Å². The van der Waals surface area contributed by atoms with E-state index in [9.17, 15) is 4.79 Å². The van der Waals surface area contributed by atoms with Crippen molar-refractivity contribution in [3.8, 4) is 0 Å². The number of rotatable bonds is 3. The van der Waals surface area contributed by atoms with E-state index in [0.29, 0.717) is 6.54 Å². The van der Waals surface area contributed by atoms with E-state index in [2.05, 4.69) is 4.98 Å².